The van der Waals surface area contributed by atoms with E-state index in [0.717, 1.165) is 24.0 Å². The molecule has 21 heavy (non-hydrogen) atoms. The minimum atomic E-state index is -0.0715. The van der Waals surface area contributed by atoms with Crippen molar-refractivity contribution in [2.24, 2.45) is 4.99 Å². The third kappa shape index (κ3) is 4.82. The van der Waals surface area contributed by atoms with Crippen LogP contribution in [0.25, 0.3) is 0 Å². The predicted octanol–water partition coefficient (Wildman–Crippen LogP) is 1.03. The lowest BCUT2D eigenvalue weighted by Gasteiger charge is -2.25. The first-order chi connectivity index (χ1) is 10.3. The first-order valence-electron chi connectivity index (χ1n) is 7.23. The molecule has 1 aromatic rings. The van der Waals surface area contributed by atoms with Gasteiger partial charge in [0.15, 0.2) is 23.6 Å². The van der Waals surface area contributed by atoms with Crippen molar-refractivity contribution in [3.05, 3.63) is 24.3 Å². The summed E-state index contributed by atoms with van der Waals surface area (Å²) in [6.07, 6.45) is -0.0715. The Bertz CT molecular complexity index is 465. The zero-order chi connectivity index (χ0) is 14.9. The quantitative estimate of drug-likeness (QED) is 0.466. The lowest BCUT2D eigenvalue weighted by molar-refractivity contribution is 0.0971. The van der Waals surface area contributed by atoms with E-state index in [4.69, 9.17) is 14.2 Å². The lowest BCUT2D eigenvalue weighted by Crippen LogP contribution is -2.40. The molecule has 6 heteroatoms. The number of rotatable bonds is 6. The molecule has 0 saturated heterocycles. The van der Waals surface area contributed by atoms with Gasteiger partial charge in [0.25, 0.3) is 0 Å². The van der Waals surface area contributed by atoms with Gasteiger partial charge in [-0.15, -0.1) is 0 Å². The van der Waals surface area contributed by atoms with Gasteiger partial charge in [0.2, 0.25) is 0 Å². The molecule has 1 aromatic carbocycles. The Hall–Kier alpha value is -1.95. The van der Waals surface area contributed by atoms with Crippen LogP contribution in [0.4, 0.5) is 0 Å². The monoisotopic (exact) mass is 293 g/mol. The number of guanidine groups is 1. The van der Waals surface area contributed by atoms with Gasteiger partial charge in [0.05, 0.1) is 13.2 Å². The molecule has 0 spiro atoms. The summed E-state index contributed by atoms with van der Waals surface area (Å²) in [6.45, 7) is 5.25. The van der Waals surface area contributed by atoms with Crippen molar-refractivity contribution in [3.63, 3.8) is 0 Å². The van der Waals surface area contributed by atoms with Gasteiger partial charge >= 0.3 is 0 Å². The summed E-state index contributed by atoms with van der Waals surface area (Å²) in [5, 5.41) is 6.39. The Kier molecular flexibility index (Phi) is 6.15. The Labute approximate surface area is 125 Å². The molecule has 1 unspecified atom stereocenters. The highest BCUT2D eigenvalue weighted by molar-refractivity contribution is 5.79. The van der Waals surface area contributed by atoms with Gasteiger partial charge in [-0.25, -0.2) is 4.99 Å². The van der Waals surface area contributed by atoms with E-state index < -0.39 is 0 Å². The molecule has 0 amide bonds. The van der Waals surface area contributed by atoms with E-state index in [2.05, 4.69) is 15.6 Å². The van der Waals surface area contributed by atoms with E-state index in [0.29, 0.717) is 26.3 Å². The van der Waals surface area contributed by atoms with E-state index in [-0.39, 0.29) is 6.10 Å². The number of ether oxygens (including phenoxy) is 3. The van der Waals surface area contributed by atoms with Crippen LogP contribution in [0.3, 0.4) is 0 Å². The van der Waals surface area contributed by atoms with E-state index >= 15 is 0 Å². The van der Waals surface area contributed by atoms with Gasteiger partial charge in [0, 0.05) is 20.2 Å². The molecule has 2 N–H and O–H groups in total. The van der Waals surface area contributed by atoms with E-state index in [1.54, 1.807) is 7.11 Å². The molecule has 0 aromatic heterocycles. The van der Waals surface area contributed by atoms with Crippen LogP contribution < -0.4 is 20.1 Å². The number of aliphatic imine (C=N–C) groups is 1. The fraction of sp³-hybridized carbons (Fsp3) is 0.533. The highest BCUT2D eigenvalue weighted by atomic mass is 16.6. The maximum absolute atomic E-state index is 5.87. The normalized spacial score (nSPS) is 17.4. The number of para-hydroxylation sites is 2. The topological polar surface area (TPSA) is 64.1 Å². The predicted molar refractivity (Wildman–Crippen MR) is 82.2 cm³/mol. The third-order valence-electron chi connectivity index (χ3n) is 2.96. The smallest absolute Gasteiger partial charge is 0.191 e. The molecule has 1 heterocycles. The zero-order valence-electron chi connectivity index (χ0n) is 12.6. The molecule has 1 atom stereocenters. The number of benzene rings is 1. The van der Waals surface area contributed by atoms with Crippen LogP contribution in [0.1, 0.15) is 6.92 Å². The molecular formula is C15H23N3O3. The fourth-order valence-corrected chi connectivity index (χ4v) is 1.96. The van der Waals surface area contributed by atoms with Gasteiger partial charge in [-0.2, -0.15) is 0 Å². The summed E-state index contributed by atoms with van der Waals surface area (Å²) in [5.41, 5.74) is 0. The van der Waals surface area contributed by atoms with Crippen LogP contribution in [0.15, 0.2) is 29.3 Å². The van der Waals surface area contributed by atoms with E-state index in [9.17, 15) is 0 Å². The second-order valence-electron chi connectivity index (χ2n) is 4.64. The molecular weight excluding hydrogens is 270 g/mol. The minimum absolute atomic E-state index is 0.0715. The molecule has 2 rings (SSSR count). The maximum Gasteiger partial charge on any atom is 0.191 e. The number of nitrogens with zero attached hydrogens (tertiary/aromatic N) is 1. The van der Waals surface area contributed by atoms with Gasteiger partial charge < -0.3 is 24.8 Å². The highest BCUT2D eigenvalue weighted by Gasteiger charge is 2.20. The second-order valence-corrected chi connectivity index (χ2v) is 4.64. The molecule has 6 nitrogen and oxygen atoms in total. The van der Waals surface area contributed by atoms with Crippen LogP contribution in [0.5, 0.6) is 11.5 Å². The SMILES string of the molecule is CCNC(=NCC1COc2ccccc2O1)NCCOC. The van der Waals surface area contributed by atoms with Crippen LogP contribution in [0.2, 0.25) is 0 Å². The Morgan fingerprint density at radius 3 is 2.90 bits per heavy atom. The number of nitrogens with one attached hydrogen (secondary N) is 2. The second kappa shape index (κ2) is 8.36. The number of methoxy groups -OCH3 is 1. The zero-order valence-corrected chi connectivity index (χ0v) is 12.6. The molecule has 0 bridgehead atoms. The van der Waals surface area contributed by atoms with Crippen LogP contribution in [0, 0.1) is 0 Å². The van der Waals surface area contributed by atoms with Crippen molar-refractivity contribution in [2.45, 2.75) is 13.0 Å². The summed E-state index contributed by atoms with van der Waals surface area (Å²) in [5.74, 6) is 2.33. The van der Waals surface area contributed by atoms with Crippen LogP contribution in [-0.4, -0.2) is 52.0 Å². The fourth-order valence-electron chi connectivity index (χ4n) is 1.96. The Balaban J connectivity index is 1.86. The summed E-state index contributed by atoms with van der Waals surface area (Å²) >= 11 is 0. The number of fused-ring (bicyclic) bond motifs is 1. The van der Waals surface area contributed by atoms with Gasteiger partial charge in [-0.05, 0) is 19.1 Å². The van der Waals surface area contributed by atoms with Crippen molar-refractivity contribution in [3.8, 4) is 11.5 Å². The van der Waals surface area contributed by atoms with Crippen molar-refractivity contribution < 1.29 is 14.2 Å². The van der Waals surface area contributed by atoms with Crippen molar-refractivity contribution in [2.75, 3.05) is 40.0 Å². The molecule has 1 aliphatic heterocycles. The molecule has 0 fully saturated rings. The van der Waals surface area contributed by atoms with Crippen molar-refractivity contribution in [1.82, 2.24) is 10.6 Å². The summed E-state index contributed by atoms with van der Waals surface area (Å²) in [7, 11) is 1.68. The first kappa shape index (κ1) is 15.4. The molecule has 0 saturated carbocycles. The van der Waals surface area contributed by atoms with Gasteiger partial charge in [-0.1, -0.05) is 12.1 Å². The Morgan fingerprint density at radius 2 is 2.14 bits per heavy atom. The first-order valence-corrected chi connectivity index (χ1v) is 7.23. The number of hydrogen-bond acceptors (Lipinski definition) is 4. The van der Waals surface area contributed by atoms with E-state index in [1.807, 2.05) is 31.2 Å². The Morgan fingerprint density at radius 1 is 1.33 bits per heavy atom. The molecule has 1 aliphatic rings. The maximum atomic E-state index is 5.87. The van der Waals surface area contributed by atoms with Gasteiger partial charge in [-0.3, -0.25) is 0 Å². The minimum Gasteiger partial charge on any atom is -0.486 e. The standard InChI is InChI=1S/C15H23N3O3/c1-3-16-15(17-8-9-19-2)18-10-12-11-20-13-6-4-5-7-14(13)21-12/h4-7,12H,3,8-11H2,1-2H3,(H2,16,17,18). The van der Waals surface area contributed by atoms with E-state index in [1.165, 1.54) is 0 Å². The van der Waals surface area contributed by atoms with Crippen LogP contribution >= 0.6 is 0 Å². The molecule has 0 aliphatic carbocycles. The summed E-state index contributed by atoms with van der Waals surface area (Å²) in [4.78, 5) is 4.52. The average molecular weight is 293 g/mol. The van der Waals surface area contributed by atoms with Crippen molar-refractivity contribution in [1.29, 1.82) is 0 Å². The average Bonchev–Trinajstić information content (AvgIpc) is 2.52. The lowest BCUT2D eigenvalue weighted by atomic mass is 10.2. The number of hydrogen-bond donors (Lipinski definition) is 2. The third-order valence-corrected chi connectivity index (χ3v) is 2.96. The highest BCUT2D eigenvalue weighted by Crippen LogP contribution is 2.30. The molecule has 116 valence electrons. The summed E-state index contributed by atoms with van der Waals surface area (Å²) in [6, 6.07) is 7.69. The van der Waals surface area contributed by atoms with Crippen molar-refractivity contribution >= 4 is 5.96 Å². The molecule has 0 radical (unpaired) electrons. The van der Waals surface area contributed by atoms with Crippen LogP contribution in [-0.2, 0) is 4.74 Å². The van der Waals surface area contributed by atoms with Gasteiger partial charge in [0.1, 0.15) is 6.61 Å². The summed E-state index contributed by atoms with van der Waals surface area (Å²) < 4.78 is 16.6. The largest absolute Gasteiger partial charge is 0.486 e.